The summed E-state index contributed by atoms with van der Waals surface area (Å²) in [6.45, 7) is 5.13. The van der Waals surface area contributed by atoms with E-state index in [0.29, 0.717) is 16.5 Å². The fourth-order valence-electron chi connectivity index (χ4n) is 3.29. The van der Waals surface area contributed by atoms with Gasteiger partial charge in [-0.05, 0) is 13.0 Å². The lowest BCUT2D eigenvalue weighted by atomic mass is 9.78. The highest BCUT2D eigenvalue weighted by atomic mass is 16.5. The third kappa shape index (κ3) is 1.68. The molecule has 2 fully saturated rings. The maximum atomic E-state index is 12.3. The third-order valence-electron chi connectivity index (χ3n) is 4.61. The second kappa shape index (κ2) is 3.98. The van der Waals surface area contributed by atoms with E-state index in [9.17, 15) is 9.59 Å². The van der Waals surface area contributed by atoms with Crippen molar-refractivity contribution in [3.63, 3.8) is 0 Å². The molecule has 1 N–H and O–H groups in total. The van der Waals surface area contributed by atoms with Gasteiger partial charge in [-0.15, -0.1) is 0 Å². The van der Waals surface area contributed by atoms with Gasteiger partial charge in [0, 0.05) is 31.8 Å². The molecular weight excluding hydrogens is 270 g/mol. The Hall–Kier alpha value is -2.08. The van der Waals surface area contributed by atoms with Gasteiger partial charge in [0.1, 0.15) is 5.82 Å². The average Bonchev–Trinajstić information content (AvgIpc) is 2.34. The Bertz CT molecular complexity index is 853. The van der Waals surface area contributed by atoms with E-state index in [-0.39, 0.29) is 16.5 Å². The molecule has 2 aromatic heterocycles. The summed E-state index contributed by atoms with van der Waals surface area (Å²) in [6, 6.07) is 3.56. The number of aromatic amines is 1. The lowest BCUT2D eigenvalue weighted by Gasteiger charge is -2.55. The van der Waals surface area contributed by atoms with Crippen LogP contribution < -0.4 is 16.0 Å². The van der Waals surface area contributed by atoms with Crippen LogP contribution in [0.5, 0.6) is 0 Å². The number of aryl methyl sites for hydroxylation is 2. The van der Waals surface area contributed by atoms with Crippen molar-refractivity contribution in [3.05, 3.63) is 38.4 Å². The first kappa shape index (κ1) is 12.6. The van der Waals surface area contributed by atoms with Crippen molar-refractivity contribution in [2.75, 3.05) is 31.2 Å². The number of nitrogens with one attached hydrogen (secondary N) is 1. The summed E-state index contributed by atoms with van der Waals surface area (Å²) >= 11 is 0. The maximum absolute atomic E-state index is 12.3. The average molecular weight is 287 g/mol. The second-order valence-electron chi connectivity index (χ2n) is 6.32. The number of hydrogen-bond donors (Lipinski definition) is 1. The molecule has 1 spiro atoms. The van der Waals surface area contributed by atoms with E-state index in [4.69, 9.17) is 4.74 Å². The van der Waals surface area contributed by atoms with Crippen molar-refractivity contribution in [3.8, 4) is 0 Å². The summed E-state index contributed by atoms with van der Waals surface area (Å²) in [6.07, 6.45) is 0. The van der Waals surface area contributed by atoms with Crippen molar-refractivity contribution >= 4 is 16.7 Å². The van der Waals surface area contributed by atoms with Gasteiger partial charge in [0.15, 0.2) is 0 Å². The van der Waals surface area contributed by atoms with Crippen LogP contribution in [0.15, 0.2) is 21.7 Å². The van der Waals surface area contributed by atoms with Crippen LogP contribution in [0, 0.1) is 12.3 Å². The molecule has 2 aliphatic rings. The zero-order valence-electron chi connectivity index (χ0n) is 12.1. The van der Waals surface area contributed by atoms with E-state index in [1.807, 2.05) is 6.07 Å². The molecule has 2 saturated heterocycles. The van der Waals surface area contributed by atoms with E-state index in [1.165, 1.54) is 0 Å². The van der Waals surface area contributed by atoms with Gasteiger partial charge < -0.3 is 19.2 Å². The number of pyridine rings is 2. The Morgan fingerprint density at radius 2 is 1.95 bits per heavy atom. The van der Waals surface area contributed by atoms with Crippen molar-refractivity contribution in [1.82, 2.24) is 9.55 Å². The minimum absolute atomic E-state index is 0.0634. The second-order valence-corrected chi connectivity index (χ2v) is 6.32. The summed E-state index contributed by atoms with van der Waals surface area (Å²) in [5.41, 5.74) is 1.33. The van der Waals surface area contributed by atoms with E-state index in [0.717, 1.165) is 32.1 Å². The molecule has 0 bridgehead atoms. The predicted octanol–water partition coefficient (Wildman–Crippen LogP) is 0.372. The van der Waals surface area contributed by atoms with E-state index in [2.05, 4.69) is 9.88 Å². The van der Waals surface area contributed by atoms with Crippen LogP contribution in [-0.4, -0.2) is 35.9 Å². The number of nitrogens with zero attached hydrogens (tertiary/aromatic N) is 2. The highest BCUT2D eigenvalue weighted by Crippen LogP contribution is 2.39. The van der Waals surface area contributed by atoms with Gasteiger partial charge in [0.05, 0.1) is 29.5 Å². The van der Waals surface area contributed by atoms with Crippen molar-refractivity contribution in [2.24, 2.45) is 12.5 Å². The predicted molar refractivity (Wildman–Crippen MR) is 80.0 cm³/mol. The molecule has 4 rings (SSSR count). The molecule has 0 atom stereocenters. The number of aromatic nitrogens is 2. The van der Waals surface area contributed by atoms with Crippen molar-refractivity contribution in [2.45, 2.75) is 6.92 Å². The third-order valence-corrected chi connectivity index (χ3v) is 4.61. The molecular formula is C15H17N3O3. The molecule has 6 heteroatoms. The van der Waals surface area contributed by atoms with E-state index >= 15 is 0 Å². The Kier molecular flexibility index (Phi) is 2.39. The number of rotatable bonds is 1. The minimum atomic E-state index is -0.146. The highest BCUT2D eigenvalue weighted by Gasteiger charge is 2.49. The number of hydrogen-bond acceptors (Lipinski definition) is 4. The van der Waals surface area contributed by atoms with Crippen LogP contribution in [0.2, 0.25) is 0 Å². The van der Waals surface area contributed by atoms with Gasteiger partial charge in [-0.3, -0.25) is 9.59 Å². The summed E-state index contributed by atoms with van der Waals surface area (Å²) in [7, 11) is 1.71. The summed E-state index contributed by atoms with van der Waals surface area (Å²) in [5, 5.41) is 0.556. The summed E-state index contributed by atoms with van der Waals surface area (Å²) in [5.74, 6) is 0.781. The van der Waals surface area contributed by atoms with Crippen LogP contribution in [0.3, 0.4) is 0 Å². The molecule has 110 valence electrons. The van der Waals surface area contributed by atoms with Gasteiger partial charge in [-0.1, -0.05) is 0 Å². The molecule has 0 unspecified atom stereocenters. The highest BCUT2D eigenvalue weighted by molar-refractivity contribution is 5.81. The van der Waals surface area contributed by atoms with Gasteiger partial charge in [0.25, 0.3) is 11.1 Å². The van der Waals surface area contributed by atoms with Crippen LogP contribution >= 0.6 is 0 Å². The minimum Gasteiger partial charge on any atom is -0.380 e. The molecule has 0 amide bonds. The molecule has 2 aromatic rings. The smallest absolute Gasteiger partial charge is 0.258 e. The molecule has 4 heterocycles. The zero-order valence-corrected chi connectivity index (χ0v) is 12.1. The number of anilines is 1. The van der Waals surface area contributed by atoms with E-state index in [1.54, 1.807) is 24.6 Å². The molecule has 2 aliphatic heterocycles. The Balaban J connectivity index is 1.82. The normalized spacial score (nSPS) is 19.6. The lowest BCUT2D eigenvalue weighted by Crippen LogP contribution is -2.66. The van der Waals surface area contributed by atoms with Crippen LogP contribution in [0.25, 0.3) is 10.9 Å². The largest absolute Gasteiger partial charge is 0.380 e. The van der Waals surface area contributed by atoms with Crippen LogP contribution in [-0.2, 0) is 11.8 Å². The first-order valence-corrected chi connectivity index (χ1v) is 7.06. The first-order chi connectivity index (χ1) is 9.99. The van der Waals surface area contributed by atoms with Gasteiger partial charge in [-0.25, -0.2) is 0 Å². The SMILES string of the molecule is Cc1cc2c(=O)[nH]c(N3CC4(COC4)C3)cc2n(C)c1=O. The van der Waals surface area contributed by atoms with Gasteiger partial charge in [0.2, 0.25) is 0 Å². The topological polar surface area (TPSA) is 67.3 Å². The maximum Gasteiger partial charge on any atom is 0.258 e. The van der Waals surface area contributed by atoms with Crippen molar-refractivity contribution < 1.29 is 4.74 Å². The number of fused-ring (bicyclic) bond motifs is 1. The quantitative estimate of drug-likeness (QED) is 0.823. The lowest BCUT2D eigenvalue weighted by molar-refractivity contribution is -0.127. The molecule has 0 radical (unpaired) electrons. The summed E-state index contributed by atoms with van der Waals surface area (Å²) in [4.78, 5) is 29.4. The number of H-pyrrole nitrogens is 1. The van der Waals surface area contributed by atoms with E-state index < -0.39 is 0 Å². The Morgan fingerprint density at radius 3 is 2.57 bits per heavy atom. The van der Waals surface area contributed by atoms with Gasteiger partial charge in [-0.2, -0.15) is 0 Å². The van der Waals surface area contributed by atoms with Crippen LogP contribution in [0.4, 0.5) is 5.82 Å². The first-order valence-electron chi connectivity index (χ1n) is 7.06. The fraction of sp³-hybridized carbons (Fsp3) is 0.467. The molecule has 0 aliphatic carbocycles. The Morgan fingerprint density at radius 1 is 1.24 bits per heavy atom. The van der Waals surface area contributed by atoms with Gasteiger partial charge >= 0.3 is 0 Å². The summed E-state index contributed by atoms with van der Waals surface area (Å²) < 4.78 is 6.81. The monoisotopic (exact) mass is 287 g/mol. The molecule has 21 heavy (non-hydrogen) atoms. The molecule has 6 nitrogen and oxygen atoms in total. The number of ether oxygens (including phenoxy) is 1. The van der Waals surface area contributed by atoms with Crippen LogP contribution in [0.1, 0.15) is 5.56 Å². The Labute approximate surface area is 121 Å². The molecule has 0 saturated carbocycles. The van der Waals surface area contributed by atoms with Crippen molar-refractivity contribution in [1.29, 1.82) is 0 Å². The zero-order chi connectivity index (χ0) is 14.8. The standard InChI is InChI=1S/C15H17N3O3/c1-9-3-10-11(17(2)14(9)20)4-12(16-13(10)19)18-5-15(6-18)7-21-8-15/h3-4H,5-8H2,1-2H3,(H,16,19). The fourth-order valence-corrected chi connectivity index (χ4v) is 3.29. The molecule has 0 aromatic carbocycles.